The van der Waals surface area contributed by atoms with E-state index < -0.39 is 17.7 Å². The standard InChI is InChI=1S/C17H18F3NO4/c1-10(2)15-12(22)4-3-11(17(18,19)20)16(15)13-9-21(7-8-25-13)6-5-14(23)24/h3-4,7-10,22H,5-6H2,1-2H3,(H,23,24). The molecule has 0 unspecified atom stereocenters. The molecule has 2 N–H and O–H groups in total. The summed E-state index contributed by atoms with van der Waals surface area (Å²) in [5, 5.41) is 18.8. The van der Waals surface area contributed by atoms with E-state index >= 15 is 0 Å². The van der Waals surface area contributed by atoms with Crippen molar-refractivity contribution in [1.29, 1.82) is 0 Å². The molecule has 1 aliphatic rings. The van der Waals surface area contributed by atoms with Crippen LogP contribution in [0.1, 0.15) is 42.9 Å². The Bertz CT molecular complexity index is 723. The normalized spacial score (nSPS) is 14.5. The Balaban J connectivity index is 2.56. The Labute approximate surface area is 142 Å². The van der Waals surface area contributed by atoms with Gasteiger partial charge in [0.25, 0.3) is 0 Å². The molecule has 5 nitrogen and oxygen atoms in total. The topological polar surface area (TPSA) is 70.0 Å². The lowest BCUT2D eigenvalue weighted by molar-refractivity contribution is -0.138. The van der Waals surface area contributed by atoms with Gasteiger partial charge in [0.2, 0.25) is 0 Å². The fraction of sp³-hybridized carbons (Fsp3) is 0.353. The number of benzene rings is 1. The SMILES string of the molecule is CC(C)c1c(O)ccc(C(F)(F)F)c1C1=CN(CCC(=O)O)C=CO1. The number of carboxylic acids is 1. The third-order valence-corrected chi connectivity index (χ3v) is 3.67. The van der Waals surface area contributed by atoms with Crippen molar-refractivity contribution in [2.45, 2.75) is 32.4 Å². The second-order valence-electron chi connectivity index (χ2n) is 5.85. The van der Waals surface area contributed by atoms with Crippen LogP contribution in [-0.2, 0) is 15.7 Å². The summed E-state index contributed by atoms with van der Waals surface area (Å²) in [6.07, 6.45) is -0.900. The number of carboxylic acid groups (broad SMARTS) is 1. The van der Waals surface area contributed by atoms with Gasteiger partial charge >= 0.3 is 12.1 Å². The highest BCUT2D eigenvalue weighted by molar-refractivity contribution is 5.71. The monoisotopic (exact) mass is 357 g/mol. The number of aromatic hydroxyl groups is 1. The molecule has 1 aromatic rings. The zero-order valence-corrected chi connectivity index (χ0v) is 13.7. The van der Waals surface area contributed by atoms with Crippen LogP contribution in [0.5, 0.6) is 5.75 Å². The minimum absolute atomic E-state index is 0.0792. The van der Waals surface area contributed by atoms with Gasteiger partial charge in [-0.3, -0.25) is 4.79 Å². The Kier molecular flexibility index (Phi) is 5.30. The van der Waals surface area contributed by atoms with Crippen LogP contribution in [0, 0.1) is 0 Å². The summed E-state index contributed by atoms with van der Waals surface area (Å²) in [4.78, 5) is 12.1. The van der Waals surface area contributed by atoms with Crippen molar-refractivity contribution in [2.75, 3.05) is 6.54 Å². The summed E-state index contributed by atoms with van der Waals surface area (Å²) in [5.41, 5.74) is -1.05. The molecule has 8 heteroatoms. The molecule has 136 valence electrons. The number of nitrogens with zero attached hydrogens (tertiary/aromatic N) is 1. The molecule has 25 heavy (non-hydrogen) atoms. The molecule has 1 aliphatic heterocycles. The summed E-state index contributed by atoms with van der Waals surface area (Å²) >= 11 is 0. The van der Waals surface area contributed by atoms with Crippen molar-refractivity contribution in [1.82, 2.24) is 4.90 Å². The minimum Gasteiger partial charge on any atom is -0.508 e. The summed E-state index contributed by atoms with van der Waals surface area (Å²) < 4.78 is 45.6. The average Bonchev–Trinajstić information content (AvgIpc) is 2.51. The molecule has 0 fully saturated rings. The quantitative estimate of drug-likeness (QED) is 0.830. The molecular formula is C17H18F3NO4. The molecule has 0 atom stereocenters. The van der Waals surface area contributed by atoms with Crippen LogP contribution in [0.4, 0.5) is 13.2 Å². The van der Waals surface area contributed by atoms with E-state index in [1.54, 1.807) is 13.8 Å². The van der Waals surface area contributed by atoms with Crippen molar-refractivity contribution in [2.24, 2.45) is 0 Å². The summed E-state index contributed by atoms with van der Waals surface area (Å²) in [6.45, 7) is 3.41. The molecule has 2 rings (SSSR count). The van der Waals surface area contributed by atoms with E-state index in [4.69, 9.17) is 9.84 Å². The third kappa shape index (κ3) is 4.26. The third-order valence-electron chi connectivity index (χ3n) is 3.67. The van der Waals surface area contributed by atoms with Crippen LogP contribution in [0.25, 0.3) is 5.76 Å². The number of phenols is 1. The number of phenolic OH excluding ortho intramolecular Hbond substituents is 1. The van der Waals surface area contributed by atoms with Gasteiger partial charge in [-0.2, -0.15) is 13.2 Å². The van der Waals surface area contributed by atoms with Gasteiger partial charge < -0.3 is 19.8 Å². The Morgan fingerprint density at radius 2 is 2.00 bits per heavy atom. The first-order valence-electron chi connectivity index (χ1n) is 7.57. The molecule has 0 bridgehead atoms. The highest BCUT2D eigenvalue weighted by atomic mass is 19.4. The molecule has 0 amide bonds. The second-order valence-corrected chi connectivity index (χ2v) is 5.85. The average molecular weight is 357 g/mol. The van der Waals surface area contributed by atoms with Crippen LogP contribution < -0.4 is 0 Å². The number of hydrogen-bond acceptors (Lipinski definition) is 4. The number of rotatable bonds is 5. The zero-order valence-electron chi connectivity index (χ0n) is 13.7. The summed E-state index contributed by atoms with van der Waals surface area (Å²) in [6, 6.07) is 1.82. The van der Waals surface area contributed by atoms with Gasteiger partial charge in [-0.25, -0.2) is 0 Å². The largest absolute Gasteiger partial charge is 0.508 e. The minimum atomic E-state index is -4.63. The zero-order chi connectivity index (χ0) is 18.8. The molecule has 1 aromatic carbocycles. The Morgan fingerprint density at radius 1 is 1.32 bits per heavy atom. The number of hydrogen-bond donors (Lipinski definition) is 2. The van der Waals surface area contributed by atoms with Crippen LogP contribution in [0.15, 0.2) is 30.8 Å². The van der Waals surface area contributed by atoms with Gasteiger partial charge in [0.1, 0.15) is 12.0 Å². The first kappa shape index (κ1) is 18.7. The van der Waals surface area contributed by atoms with Crippen LogP contribution in [0.3, 0.4) is 0 Å². The van der Waals surface area contributed by atoms with E-state index in [2.05, 4.69) is 0 Å². The fourth-order valence-electron chi connectivity index (χ4n) is 2.59. The van der Waals surface area contributed by atoms with Gasteiger partial charge in [0.15, 0.2) is 5.76 Å². The van der Waals surface area contributed by atoms with Gasteiger partial charge in [0.05, 0.1) is 12.0 Å². The van der Waals surface area contributed by atoms with Crippen molar-refractivity contribution in [3.05, 3.63) is 47.5 Å². The molecule has 0 saturated carbocycles. The lowest BCUT2D eigenvalue weighted by Gasteiger charge is -2.25. The smallest absolute Gasteiger partial charge is 0.417 e. The van der Waals surface area contributed by atoms with E-state index in [1.165, 1.54) is 23.6 Å². The number of ether oxygens (including phenoxy) is 1. The van der Waals surface area contributed by atoms with Crippen LogP contribution >= 0.6 is 0 Å². The van der Waals surface area contributed by atoms with E-state index in [1.807, 2.05) is 0 Å². The van der Waals surface area contributed by atoms with E-state index in [0.29, 0.717) is 0 Å². The van der Waals surface area contributed by atoms with Gasteiger partial charge in [-0.05, 0) is 18.1 Å². The van der Waals surface area contributed by atoms with Gasteiger partial charge in [-0.15, -0.1) is 0 Å². The van der Waals surface area contributed by atoms with Gasteiger partial charge in [-0.1, -0.05) is 13.8 Å². The first-order valence-corrected chi connectivity index (χ1v) is 7.57. The lowest BCUT2D eigenvalue weighted by Crippen LogP contribution is -2.19. The lowest BCUT2D eigenvalue weighted by atomic mass is 9.90. The van der Waals surface area contributed by atoms with Crippen molar-refractivity contribution in [3.8, 4) is 5.75 Å². The molecular weight excluding hydrogens is 339 g/mol. The van der Waals surface area contributed by atoms with E-state index in [9.17, 15) is 23.1 Å². The van der Waals surface area contributed by atoms with E-state index in [-0.39, 0.29) is 41.5 Å². The number of halogens is 3. The number of aliphatic carboxylic acids is 1. The highest BCUT2D eigenvalue weighted by Crippen LogP contribution is 2.43. The molecule has 0 aromatic heterocycles. The van der Waals surface area contributed by atoms with Gasteiger partial charge in [0, 0.05) is 30.1 Å². The molecule has 0 radical (unpaired) electrons. The highest BCUT2D eigenvalue weighted by Gasteiger charge is 2.37. The fourth-order valence-corrected chi connectivity index (χ4v) is 2.59. The van der Waals surface area contributed by atoms with Crippen LogP contribution in [0.2, 0.25) is 0 Å². The predicted molar refractivity (Wildman–Crippen MR) is 84.4 cm³/mol. The maximum absolute atomic E-state index is 13.5. The Hall–Kier alpha value is -2.64. The maximum Gasteiger partial charge on any atom is 0.417 e. The second kappa shape index (κ2) is 7.08. The molecule has 0 aliphatic carbocycles. The molecule has 1 heterocycles. The van der Waals surface area contributed by atoms with Crippen molar-refractivity contribution >= 4 is 11.7 Å². The van der Waals surface area contributed by atoms with Crippen LogP contribution in [-0.4, -0.2) is 27.6 Å². The summed E-state index contributed by atoms with van der Waals surface area (Å²) in [5.74, 6) is -1.76. The molecule has 0 saturated heterocycles. The van der Waals surface area contributed by atoms with E-state index in [0.717, 1.165) is 12.1 Å². The predicted octanol–water partition coefficient (Wildman–Crippen LogP) is 4.11. The number of carbonyl (C=O) groups is 1. The summed E-state index contributed by atoms with van der Waals surface area (Å²) in [7, 11) is 0. The first-order chi connectivity index (χ1) is 11.6. The van der Waals surface area contributed by atoms with Crippen molar-refractivity contribution in [3.63, 3.8) is 0 Å². The van der Waals surface area contributed by atoms with Crippen molar-refractivity contribution < 1.29 is 32.9 Å². The Morgan fingerprint density at radius 3 is 2.56 bits per heavy atom. The number of alkyl halides is 3. The molecule has 0 spiro atoms. The maximum atomic E-state index is 13.5.